The SMILES string of the molecule is O=C(O)c1cc(Br)cc(F)c1C(=O)O. The van der Waals surface area contributed by atoms with E-state index in [9.17, 15) is 14.0 Å². The van der Waals surface area contributed by atoms with Gasteiger partial charge in [0, 0.05) is 4.47 Å². The van der Waals surface area contributed by atoms with Gasteiger partial charge >= 0.3 is 11.9 Å². The molecule has 1 aromatic carbocycles. The van der Waals surface area contributed by atoms with E-state index in [1.165, 1.54) is 0 Å². The summed E-state index contributed by atoms with van der Waals surface area (Å²) in [5, 5.41) is 17.2. The maximum Gasteiger partial charge on any atom is 0.339 e. The summed E-state index contributed by atoms with van der Waals surface area (Å²) in [6.45, 7) is 0. The van der Waals surface area contributed by atoms with Gasteiger partial charge in [-0.2, -0.15) is 0 Å². The van der Waals surface area contributed by atoms with Crippen LogP contribution in [0.15, 0.2) is 16.6 Å². The Morgan fingerprint density at radius 3 is 2.21 bits per heavy atom. The smallest absolute Gasteiger partial charge is 0.339 e. The third-order valence-electron chi connectivity index (χ3n) is 1.50. The maximum absolute atomic E-state index is 13.0. The van der Waals surface area contributed by atoms with Gasteiger partial charge in [-0.3, -0.25) is 0 Å². The minimum absolute atomic E-state index is 0.178. The molecule has 0 fully saturated rings. The largest absolute Gasteiger partial charge is 0.478 e. The van der Waals surface area contributed by atoms with E-state index in [-0.39, 0.29) is 4.47 Å². The minimum atomic E-state index is -1.60. The average molecular weight is 263 g/mol. The lowest BCUT2D eigenvalue weighted by atomic mass is 10.1. The molecule has 0 amide bonds. The first-order chi connectivity index (χ1) is 6.43. The Balaban J connectivity index is 3.52. The van der Waals surface area contributed by atoms with E-state index in [1.54, 1.807) is 0 Å². The Bertz CT molecular complexity index is 416. The first-order valence-corrected chi connectivity index (χ1v) is 4.18. The van der Waals surface area contributed by atoms with E-state index in [0.717, 1.165) is 12.1 Å². The molecule has 0 heterocycles. The highest BCUT2D eigenvalue weighted by atomic mass is 79.9. The van der Waals surface area contributed by atoms with Gasteiger partial charge in [0.2, 0.25) is 0 Å². The van der Waals surface area contributed by atoms with Crippen molar-refractivity contribution in [3.8, 4) is 0 Å². The molecule has 0 aromatic heterocycles. The van der Waals surface area contributed by atoms with E-state index >= 15 is 0 Å². The third kappa shape index (κ3) is 1.90. The fourth-order valence-corrected chi connectivity index (χ4v) is 1.39. The Hall–Kier alpha value is -1.43. The van der Waals surface area contributed by atoms with Crippen LogP contribution in [0.3, 0.4) is 0 Å². The molecule has 0 saturated carbocycles. The molecule has 0 bridgehead atoms. The second kappa shape index (κ2) is 3.75. The van der Waals surface area contributed by atoms with Gasteiger partial charge in [-0.1, -0.05) is 15.9 Å². The van der Waals surface area contributed by atoms with Crippen molar-refractivity contribution in [1.29, 1.82) is 0 Å². The molecule has 0 aliphatic rings. The van der Waals surface area contributed by atoms with Crippen molar-refractivity contribution in [2.45, 2.75) is 0 Å². The first kappa shape index (κ1) is 10.6. The Morgan fingerprint density at radius 1 is 1.21 bits per heavy atom. The predicted molar refractivity (Wildman–Crippen MR) is 48.0 cm³/mol. The van der Waals surface area contributed by atoms with Crippen LogP contribution in [0.1, 0.15) is 20.7 Å². The van der Waals surface area contributed by atoms with E-state index < -0.39 is 28.9 Å². The zero-order valence-electron chi connectivity index (χ0n) is 6.62. The van der Waals surface area contributed by atoms with E-state index in [2.05, 4.69) is 15.9 Å². The number of carboxylic acid groups (broad SMARTS) is 2. The summed E-state index contributed by atoms with van der Waals surface area (Å²) in [6.07, 6.45) is 0. The third-order valence-corrected chi connectivity index (χ3v) is 1.96. The first-order valence-electron chi connectivity index (χ1n) is 3.39. The van der Waals surface area contributed by atoms with Gasteiger partial charge in [0.05, 0.1) is 5.56 Å². The molecule has 0 saturated heterocycles. The van der Waals surface area contributed by atoms with Crippen LogP contribution in [0.5, 0.6) is 0 Å². The fraction of sp³-hybridized carbons (Fsp3) is 0. The molecule has 14 heavy (non-hydrogen) atoms. The van der Waals surface area contributed by atoms with Crippen LogP contribution in [0.2, 0.25) is 0 Å². The van der Waals surface area contributed by atoms with E-state index in [4.69, 9.17) is 10.2 Å². The minimum Gasteiger partial charge on any atom is -0.478 e. The monoisotopic (exact) mass is 262 g/mol. The molecule has 6 heteroatoms. The van der Waals surface area contributed by atoms with Crippen LogP contribution in [-0.4, -0.2) is 22.2 Å². The summed E-state index contributed by atoms with van der Waals surface area (Å²) in [6, 6.07) is 1.94. The Labute approximate surface area is 86.1 Å². The molecule has 4 nitrogen and oxygen atoms in total. The number of rotatable bonds is 2. The van der Waals surface area contributed by atoms with Gasteiger partial charge < -0.3 is 10.2 Å². The van der Waals surface area contributed by atoms with E-state index in [1.807, 2.05) is 0 Å². The molecule has 0 atom stereocenters. The topological polar surface area (TPSA) is 74.6 Å². The molecule has 1 aromatic rings. The van der Waals surface area contributed by atoms with Gasteiger partial charge in [-0.05, 0) is 12.1 Å². The Morgan fingerprint density at radius 2 is 1.79 bits per heavy atom. The highest BCUT2D eigenvalue weighted by Gasteiger charge is 2.21. The van der Waals surface area contributed by atoms with Crippen molar-refractivity contribution in [3.63, 3.8) is 0 Å². The van der Waals surface area contributed by atoms with Crippen LogP contribution in [0.4, 0.5) is 4.39 Å². The highest BCUT2D eigenvalue weighted by molar-refractivity contribution is 9.10. The zero-order valence-corrected chi connectivity index (χ0v) is 8.21. The van der Waals surface area contributed by atoms with Crippen LogP contribution in [-0.2, 0) is 0 Å². The number of halogens is 2. The van der Waals surface area contributed by atoms with Crippen molar-refractivity contribution in [1.82, 2.24) is 0 Å². The summed E-state index contributed by atoms with van der Waals surface area (Å²) < 4.78 is 13.2. The van der Waals surface area contributed by atoms with Crippen molar-refractivity contribution in [3.05, 3.63) is 33.5 Å². The summed E-state index contributed by atoms with van der Waals surface area (Å²) in [4.78, 5) is 21.1. The molecule has 0 aliphatic carbocycles. The summed E-state index contributed by atoms with van der Waals surface area (Å²) in [5.41, 5.74) is -1.41. The standard InChI is InChI=1S/C8H4BrFO4/c9-3-1-4(7(11)12)6(8(13)14)5(10)2-3/h1-2H,(H,11,12)(H,13,14). The number of hydrogen-bond donors (Lipinski definition) is 2. The number of aromatic carboxylic acids is 2. The molecule has 1 rings (SSSR count). The molecule has 0 radical (unpaired) electrons. The second-order valence-corrected chi connectivity index (χ2v) is 3.34. The van der Waals surface area contributed by atoms with Crippen LogP contribution >= 0.6 is 15.9 Å². The molecule has 0 spiro atoms. The average Bonchev–Trinajstić information content (AvgIpc) is 2.01. The fourth-order valence-electron chi connectivity index (χ4n) is 0.960. The lowest BCUT2D eigenvalue weighted by Crippen LogP contribution is -2.10. The van der Waals surface area contributed by atoms with Gasteiger partial charge in [0.15, 0.2) is 0 Å². The van der Waals surface area contributed by atoms with E-state index in [0.29, 0.717) is 0 Å². The number of benzene rings is 1. The van der Waals surface area contributed by atoms with Gasteiger partial charge in [0.25, 0.3) is 0 Å². The molecular weight excluding hydrogens is 259 g/mol. The van der Waals surface area contributed by atoms with Crippen molar-refractivity contribution < 1.29 is 24.2 Å². The predicted octanol–water partition coefficient (Wildman–Crippen LogP) is 1.98. The zero-order chi connectivity index (χ0) is 10.9. The lowest BCUT2D eigenvalue weighted by Gasteiger charge is -2.03. The van der Waals surface area contributed by atoms with Crippen molar-refractivity contribution in [2.75, 3.05) is 0 Å². The number of hydrogen-bond acceptors (Lipinski definition) is 2. The molecule has 0 aliphatic heterocycles. The highest BCUT2D eigenvalue weighted by Crippen LogP contribution is 2.20. The second-order valence-electron chi connectivity index (χ2n) is 2.42. The normalized spacial score (nSPS) is 9.86. The number of carbonyl (C=O) groups is 2. The molecule has 74 valence electrons. The van der Waals surface area contributed by atoms with Crippen LogP contribution in [0, 0.1) is 5.82 Å². The summed E-state index contributed by atoms with van der Waals surface area (Å²) in [5.74, 6) is -4.17. The molecular formula is C8H4BrFO4. The lowest BCUT2D eigenvalue weighted by molar-refractivity contribution is 0.0647. The molecule has 2 N–H and O–H groups in total. The van der Waals surface area contributed by atoms with Crippen molar-refractivity contribution >= 4 is 27.9 Å². The number of carboxylic acids is 2. The van der Waals surface area contributed by atoms with Gasteiger partial charge in [-0.25, -0.2) is 14.0 Å². The quantitative estimate of drug-likeness (QED) is 0.855. The Kier molecular flexibility index (Phi) is 2.85. The summed E-state index contributed by atoms with van der Waals surface area (Å²) in [7, 11) is 0. The van der Waals surface area contributed by atoms with Crippen molar-refractivity contribution in [2.24, 2.45) is 0 Å². The molecule has 0 unspecified atom stereocenters. The maximum atomic E-state index is 13.0. The van der Waals surface area contributed by atoms with Gasteiger partial charge in [0.1, 0.15) is 11.4 Å². The van der Waals surface area contributed by atoms with Crippen LogP contribution < -0.4 is 0 Å². The summed E-state index contributed by atoms with van der Waals surface area (Å²) >= 11 is 2.87. The van der Waals surface area contributed by atoms with Gasteiger partial charge in [-0.15, -0.1) is 0 Å². The van der Waals surface area contributed by atoms with Crippen LogP contribution in [0.25, 0.3) is 0 Å².